The Balaban J connectivity index is 2.89. The van der Waals surface area contributed by atoms with Crippen LogP contribution in [0.5, 0.6) is 0 Å². The van der Waals surface area contributed by atoms with Gasteiger partial charge in [-0.15, -0.1) is 0 Å². The number of aryl methyl sites for hydroxylation is 1. The highest BCUT2D eigenvalue weighted by Crippen LogP contribution is 2.37. The first-order chi connectivity index (χ1) is 7.56. The molecule has 0 saturated carbocycles. The van der Waals surface area contributed by atoms with Crippen LogP contribution in [0, 0.1) is 6.92 Å². The van der Waals surface area contributed by atoms with Gasteiger partial charge in [0.15, 0.2) is 0 Å². The maximum Gasteiger partial charge on any atom is 0.139 e. The Morgan fingerprint density at radius 1 is 1.38 bits per heavy atom. The molecule has 1 heterocycles. The lowest BCUT2D eigenvalue weighted by Crippen LogP contribution is -1.99. The number of halogens is 1. The monoisotopic (exact) mass is 237 g/mol. The predicted octanol–water partition coefficient (Wildman–Crippen LogP) is 3.98. The molecule has 1 aromatic heterocycles. The lowest BCUT2D eigenvalue weighted by molar-refractivity contribution is 0.540. The molecular weight excluding hydrogens is 222 g/mol. The summed E-state index contributed by atoms with van der Waals surface area (Å²) >= 11 is 6.25. The van der Waals surface area contributed by atoms with Gasteiger partial charge >= 0.3 is 0 Å². The summed E-state index contributed by atoms with van der Waals surface area (Å²) in [4.78, 5) is 0. The minimum Gasteiger partial charge on any atom is -0.459 e. The Bertz CT molecular complexity index is 528. The van der Waals surface area contributed by atoms with Crippen LogP contribution >= 0.6 is 11.6 Å². The highest BCUT2D eigenvalue weighted by Gasteiger charge is 2.19. The molecule has 0 fully saturated rings. The van der Waals surface area contributed by atoms with Gasteiger partial charge in [-0.1, -0.05) is 31.5 Å². The van der Waals surface area contributed by atoms with E-state index < -0.39 is 0 Å². The van der Waals surface area contributed by atoms with Crippen molar-refractivity contribution in [3.05, 3.63) is 34.0 Å². The standard InChI is InChI=1S/C13H16ClNO/c1-7(2)11-10(6-15)16-13-8(3)4-5-9(14)12(11)13/h4-5,7H,6,15H2,1-3H3. The second-order valence-electron chi connectivity index (χ2n) is 4.37. The average molecular weight is 238 g/mol. The second kappa shape index (κ2) is 4.11. The maximum absolute atomic E-state index is 6.25. The Hall–Kier alpha value is -0.990. The first-order valence-electron chi connectivity index (χ1n) is 5.46. The van der Waals surface area contributed by atoms with Crippen molar-refractivity contribution in [1.82, 2.24) is 0 Å². The summed E-state index contributed by atoms with van der Waals surface area (Å²) in [5.41, 5.74) is 8.83. The van der Waals surface area contributed by atoms with E-state index in [-0.39, 0.29) is 0 Å². The molecule has 16 heavy (non-hydrogen) atoms. The Morgan fingerprint density at radius 3 is 2.62 bits per heavy atom. The highest BCUT2D eigenvalue weighted by molar-refractivity contribution is 6.35. The largest absolute Gasteiger partial charge is 0.459 e. The van der Waals surface area contributed by atoms with E-state index in [1.165, 1.54) is 0 Å². The summed E-state index contributed by atoms with van der Waals surface area (Å²) < 4.78 is 5.81. The van der Waals surface area contributed by atoms with E-state index in [0.717, 1.165) is 32.9 Å². The van der Waals surface area contributed by atoms with E-state index in [4.69, 9.17) is 21.8 Å². The summed E-state index contributed by atoms with van der Waals surface area (Å²) in [6.45, 7) is 6.69. The third-order valence-corrected chi connectivity index (χ3v) is 3.18. The number of nitrogens with two attached hydrogens (primary N) is 1. The van der Waals surface area contributed by atoms with Gasteiger partial charge < -0.3 is 10.2 Å². The third-order valence-electron chi connectivity index (χ3n) is 2.86. The van der Waals surface area contributed by atoms with Crippen molar-refractivity contribution < 1.29 is 4.42 Å². The summed E-state index contributed by atoms with van der Waals surface area (Å²) in [5.74, 6) is 1.21. The molecule has 0 atom stereocenters. The molecule has 0 radical (unpaired) electrons. The van der Waals surface area contributed by atoms with Crippen LogP contribution in [0.4, 0.5) is 0 Å². The number of benzene rings is 1. The fourth-order valence-corrected chi connectivity index (χ4v) is 2.38. The van der Waals surface area contributed by atoms with Crippen molar-refractivity contribution in [3.63, 3.8) is 0 Å². The molecule has 0 amide bonds. The fourth-order valence-electron chi connectivity index (χ4n) is 2.13. The van der Waals surface area contributed by atoms with Gasteiger partial charge in [-0.25, -0.2) is 0 Å². The van der Waals surface area contributed by atoms with Gasteiger partial charge in [-0.3, -0.25) is 0 Å². The van der Waals surface area contributed by atoms with E-state index in [0.29, 0.717) is 12.5 Å². The van der Waals surface area contributed by atoms with E-state index >= 15 is 0 Å². The second-order valence-corrected chi connectivity index (χ2v) is 4.77. The molecule has 2 rings (SSSR count). The van der Waals surface area contributed by atoms with Crippen LogP contribution in [0.3, 0.4) is 0 Å². The van der Waals surface area contributed by atoms with Crippen molar-refractivity contribution in [3.8, 4) is 0 Å². The molecule has 0 spiro atoms. The van der Waals surface area contributed by atoms with Crippen LogP contribution in [0.25, 0.3) is 11.0 Å². The molecule has 2 nitrogen and oxygen atoms in total. The van der Waals surface area contributed by atoms with E-state index in [1.54, 1.807) is 0 Å². The van der Waals surface area contributed by atoms with Gasteiger partial charge in [0.25, 0.3) is 0 Å². The minimum absolute atomic E-state index is 0.360. The third kappa shape index (κ3) is 1.62. The van der Waals surface area contributed by atoms with Gasteiger partial charge in [0.05, 0.1) is 11.6 Å². The molecule has 0 unspecified atom stereocenters. The summed E-state index contributed by atoms with van der Waals surface area (Å²) in [7, 11) is 0. The molecule has 3 heteroatoms. The smallest absolute Gasteiger partial charge is 0.139 e. The van der Waals surface area contributed by atoms with Crippen LogP contribution < -0.4 is 5.73 Å². The zero-order valence-corrected chi connectivity index (χ0v) is 10.6. The molecule has 0 saturated heterocycles. The quantitative estimate of drug-likeness (QED) is 0.858. The Labute approximate surface area is 100 Å². The Morgan fingerprint density at radius 2 is 2.06 bits per heavy atom. The fraction of sp³-hybridized carbons (Fsp3) is 0.385. The summed E-state index contributed by atoms with van der Waals surface area (Å²) in [6, 6.07) is 3.89. The molecule has 0 bridgehead atoms. The number of hydrogen-bond donors (Lipinski definition) is 1. The van der Waals surface area contributed by atoms with E-state index in [1.807, 2.05) is 19.1 Å². The first kappa shape index (κ1) is 11.5. The van der Waals surface area contributed by atoms with Crippen molar-refractivity contribution in [2.45, 2.75) is 33.2 Å². The van der Waals surface area contributed by atoms with Crippen LogP contribution in [0.15, 0.2) is 16.5 Å². The van der Waals surface area contributed by atoms with Crippen LogP contribution in [-0.4, -0.2) is 0 Å². The van der Waals surface area contributed by atoms with Crippen molar-refractivity contribution >= 4 is 22.6 Å². The molecule has 86 valence electrons. The van der Waals surface area contributed by atoms with Crippen molar-refractivity contribution in [1.29, 1.82) is 0 Å². The summed E-state index contributed by atoms with van der Waals surface area (Å²) in [6.07, 6.45) is 0. The van der Waals surface area contributed by atoms with Gasteiger partial charge in [-0.05, 0) is 24.5 Å². The molecular formula is C13H16ClNO. The number of rotatable bonds is 2. The molecule has 2 N–H and O–H groups in total. The zero-order valence-electron chi connectivity index (χ0n) is 9.80. The van der Waals surface area contributed by atoms with Crippen LogP contribution in [-0.2, 0) is 6.54 Å². The molecule has 2 aromatic rings. The van der Waals surface area contributed by atoms with Crippen LogP contribution in [0.1, 0.15) is 36.7 Å². The first-order valence-corrected chi connectivity index (χ1v) is 5.84. The average Bonchev–Trinajstić information content (AvgIpc) is 2.64. The van der Waals surface area contributed by atoms with Gasteiger partial charge in [0.2, 0.25) is 0 Å². The number of fused-ring (bicyclic) bond motifs is 1. The van der Waals surface area contributed by atoms with Crippen molar-refractivity contribution in [2.75, 3.05) is 0 Å². The molecule has 0 aliphatic rings. The lowest BCUT2D eigenvalue weighted by atomic mass is 9.98. The Kier molecular flexibility index (Phi) is 2.96. The van der Waals surface area contributed by atoms with Gasteiger partial charge in [-0.2, -0.15) is 0 Å². The molecule has 1 aromatic carbocycles. The number of furan rings is 1. The normalized spacial score (nSPS) is 11.6. The van der Waals surface area contributed by atoms with Crippen molar-refractivity contribution in [2.24, 2.45) is 5.73 Å². The van der Waals surface area contributed by atoms with E-state index in [9.17, 15) is 0 Å². The zero-order chi connectivity index (χ0) is 11.9. The van der Waals surface area contributed by atoms with Gasteiger partial charge in [0.1, 0.15) is 11.3 Å². The predicted molar refractivity (Wildman–Crippen MR) is 67.9 cm³/mol. The molecule has 0 aliphatic heterocycles. The SMILES string of the molecule is Cc1ccc(Cl)c2c(C(C)C)c(CN)oc12. The van der Waals surface area contributed by atoms with Gasteiger partial charge in [0, 0.05) is 10.9 Å². The maximum atomic E-state index is 6.25. The minimum atomic E-state index is 0.360. The van der Waals surface area contributed by atoms with Crippen LogP contribution in [0.2, 0.25) is 5.02 Å². The molecule has 0 aliphatic carbocycles. The summed E-state index contributed by atoms with van der Waals surface area (Å²) in [5, 5.41) is 1.77. The lowest BCUT2D eigenvalue weighted by Gasteiger charge is -2.05. The number of hydrogen-bond acceptors (Lipinski definition) is 2. The topological polar surface area (TPSA) is 39.2 Å². The highest BCUT2D eigenvalue weighted by atomic mass is 35.5. The van der Waals surface area contributed by atoms with E-state index in [2.05, 4.69) is 13.8 Å².